The monoisotopic (exact) mass is 336 g/mol. The molecule has 0 aliphatic rings. The van der Waals surface area contributed by atoms with E-state index in [9.17, 15) is 17.4 Å². The van der Waals surface area contributed by atoms with Gasteiger partial charge in [-0.25, -0.2) is 8.93 Å². The van der Waals surface area contributed by atoms with E-state index in [2.05, 4.69) is 21.3 Å². The Morgan fingerprint density at radius 3 is 2.52 bits per heavy atom. The normalized spacial score (nSPS) is 12.6. The van der Waals surface area contributed by atoms with Crippen LogP contribution in [0.5, 0.6) is 0 Å². The smallest absolute Gasteiger partial charge is 0.260 e. The minimum Gasteiger partial charge on any atom is -0.260 e. The Balaban J connectivity index is 2.35. The first-order chi connectivity index (χ1) is 9.87. The highest BCUT2D eigenvalue weighted by Gasteiger charge is 2.25. The largest absolute Gasteiger partial charge is 0.390 e. The molecule has 1 atom stereocenters. The molecule has 0 aliphatic heterocycles. The second-order valence-electron chi connectivity index (χ2n) is 3.96. The van der Waals surface area contributed by atoms with Crippen LogP contribution in [0.1, 0.15) is 12.0 Å². The van der Waals surface area contributed by atoms with E-state index in [1.807, 2.05) is 0 Å². The number of alkyl halides is 3. The van der Waals surface area contributed by atoms with Crippen molar-refractivity contribution >= 4 is 22.9 Å². The summed E-state index contributed by atoms with van der Waals surface area (Å²) in [6.45, 7) is 0.203. The van der Waals surface area contributed by atoms with Gasteiger partial charge in [0.1, 0.15) is 0 Å². The van der Waals surface area contributed by atoms with Crippen molar-refractivity contribution in [2.24, 2.45) is 0 Å². The second kappa shape index (κ2) is 9.10. The average Bonchev–Trinajstić information content (AvgIpc) is 2.40. The third-order valence-corrected chi connectivity index (χ3v) is 3.56. The molecule has 0 heterocycles. The minimum atomic E-state index is -4.14. The van der Waals surface area contributed by atoms with Gasteiger partial charge in [0.25, 0.3) is 0 Å². The predicted molar refractivity (Wildman–Crippen MR) is 79.9 cm³/mol. The minimum absolute atomic E-state index is 0.129. The van der Waals surface area contributed by atoms with Gasteiger partial charge in [-0.05, 0) is 36.2 Å². The number of rotatable bonds is 6. The molecule has 0 aliphatic carbocycles. The fraction of sp³-hybridized carbons (Fsp3) is 0.385. The summed E-state index contributed by atoms with van der Waals surface area (Å²) in [5.41, 5.74) is 0.790. The molecule has 0 bridgehead atoms. The van der Waals surface area contributed by atoms with Crippen molar-refractivity contribution in [3.05, 3.63) is 29.8 Å². The molecule has 116 valence electrons. The van der Waals surface area contributed by atoms with Crippen molar-refractivity contribution in [1.29, 1.82) is 0 Å². The molecule has 3 nitrogen and oxygen atoms in total. The van der Waals surface area contributed by atoms with Gasteiger partial charge >= 0.3 is 6.18 Å². The lowest BCUT2D eigenvalue weighted by molar-refractivity contribution is -0.132. The molecule has 1 rings (SSSR count). The van der Waals surface area contributed by atoms with Gasteiger partial charge in [-0.3, -0.25) is 4.72 Å². The van der Waals surface area contributed by atoms with E-state index in [1.165, 1.54) is 6.26 Å². The van der Waals surface area contributed by atoms with Gasteiger partial charge in [-0.15, -0.1) is 0 Å². The zero-order valence-electron chi connectivity index (χ0n) is 11.3. The molecule has 1 aromatic rings. The zero-order chi connectivity index (χ0) is 15.7. The van der Waals surface area contributed by atoms with Gasteiger partial charge in [0.15, 0.2) is 0 Å². The molecular formula is C13H15F3N2OS2. The molecule has 0 aromatic heterocycles. The molecule has 0 fully saturated rings. The van der Waals surface area contributed by atoms with Crippen molar-refractivity contribution in [2.45, 2.75) is 17.5 Å². The zero-order valence-corrected chi connectivity index (χ0v) is 12.9. The van der Waals surface area contributed by atoms with E-state index >= 15 is 0 Å². The number of halogens is 3. The van der Waals surface area contributed by atoms with Crippen LogP contribution in [0.25, 0.3) is 0 Å². The number of hydrogen-bond acceptors (Lipinski definition) is 3. The van der Waals surface area contributed by atoms with Gasteiger partial charge in [-0.2, -0.15) is 13.2 Å². The van der Waals surface area contributed by atoms with Crippen LogP contribution in [-0.2, 0) is 11.0 Å². The molecule has 0 amide bonds. The van der Waals surface area contributed by atoms with E-state index in [-0.39, 0.29) is 6.54 Å². The highest BCUT2D eigenvalue weighted by atomic mass is 32.2. The van der Waals surface area contributed by atoms with Crippen molar-refractivity contribution in [1.82, 2.24) is 9.44 Å². The van der Waals surface area contributed by atoms with Crippen molar-refractivity contribution < 1.29 is 17.4 Å². The molecule has 1 unspecified atom stereocenters. The van der Waals surface area contributed by atoms with Crippen LogP contribution in [0.3, 0.4) is 0 Å². The van der Waals surface area contributed by atoms with Crippen LogP contribution in [0, 0.1) is 11.8 Å². The summed E-state index contributed by atoms with van der Waals surface area (Å²) in [7, 11) is -1.08. The average molecular weight is 336 g/mol. The summed E-state index contributed by atoms with van der Waals surface area (Å²) < 4.78 is 51.9. The number of hydrogen-bond donors (Lipinski definition) is 2. The Morgan fingerprint density at radius 1 is 1.29 bits per heavy atom. The second-order valence-corrected chi connectivity index (χ2v) is 6.12. The van der Waals surface area contributed by atoms with E-state index < -0.39 is 23.6 Å². The van der Waals surface area contributed by atoms with Crippen LogP contribution >= 0.6 is 11.9 Å². The first-order valence-corrected chi connectivity index (χ1v) is 8.36. The molecule has 0 radical (unpaired) electrons. The number of benzene rings is 1. The molecule has 21 heavy (non-hydrogen) atoms. The van der Waals surface area contributed by atoms with E-state index in [1.54, 1.807) is 24.3 Å². The van der Waals surface area contributed by atoms with Crippen LogP contribution in [0.15, 0.2) is 29.2 Å². The van der Waals surface area contributed by atoms with Gasteiger partial charge < -0.3 is 0 Å². The lowest BCUT2D eigenvalue weighted by Crippen LogP contribution is -2.16. The first kappa shape index (κ1) is 18.0. The summed E-state index contributed by atoms with van der Waals surface area (Å²) in [6.07, 6.45) is -3.46. The molecule has 8 heteroatoms. The van der Waals surface area contributed by atoms with Gasteiger partial charge in [-0.1, -0.05) is 11.8 Å². The maximum atomic E-state index is 11.9. The Kier molecular flexibility index (Phi) is 7.82. The van der Waals surface area contributed by atoms with Crippen molar-refractivity contribution in [3.8, 4) is 11.8 Å². The lowest BCUT2D eigenvalue weighted by atomic mass is 10.2. The van der Waals surface area contributed by atoms with E-state index in [0.717, 1.165) is 22.4 Å². The summed E-state index contributed by atoms with van der Waals surface area (Å²) in [6, 6.07) is 7.12. The molecule has 0 spiro atoms. The van der Waals surface area contributed by atoms with E-state index in [0.29, 0.717) is 6.54 Å². The van der Waals surface area contributed by atoms with Gasteiger partial charge in [0.05, 0.1) is 24.0 Å². The summed E-state index contributed by atoms with van der Waals surface area (Å²) >= 11 is 1.15. The Hall–Kier alpha value is -1.01. The molecule has 1 aromatic carbocycles. The quantitative estimate of drug-likeness (QED) is 0.476. The standard InChI is InChI=1S/C13H15F3N2OS2/c1-21(19)18-9-2-3-11-4-6-12(7-5-11)20-17-10-8-13(14,15)16/h4-7,17-18H,8-10H2,1H3. The summed E-state index contributed by atoms with van der Waals surface area (Å²) in [4.78, 5) is 0.815. The third-order valence-electron chi connectivity index (χ3n) is 2.15. The number of nitrogens with one attached hydrogen (secondary N) is 2. The first-order valence-electron chi connectivity index (χ1n) is 5.99. The Morgan fingerprint density at radius 2 is 1.95 bits per heavy atom. The van der Waals surface area contributed by atoms with Crippen LogP contribution in [-0.4, -0.2) is 29.7 Å². The predicted octanol–water partition coefficient (Wildman–Crippen LogP) is 2.47. The Labute approximate surface area is 128 Å². The molecule has 2 N–H and O–H groups in total. The van der Waals surface area contributed by atoms with Crippen molar-refractivity contribution in [3.63, 3.8) is 0 Å². The van der Waals surface area contributed by atoms with Gasteiger partial charge in [0, 0.05) is 23.3 Å². The Bertz CT molecular complexity index is 521. The fourth-order valence-corrected chi connectivity index (χ4v) is 2.14. The topological polar surface area (TPSA) is 41.1 Å². The highest BCUT2D eigenvalue weighted by Crippen LogP contribution is 2.20. The SMILES string of the molecule is CS(=O)NCC#Cc1ccc(SNCCC(F)(F)F)cc1. The van der Waals surface area contributed by atoms with Crippen LogP contribution < -0.4 is 9.44 Å². The van der Waals surface area contributed by atoms with Crippen molar-refractivity contribution in [2.75, 3.05) is 19.3 Å². The third kappa shape index (κ3) is 9.52. The summed E-state index contributed by atoms with van der Waals surface area (Å²) in [5, 5.41) is 0. The fourth-order valence-electron chi connectivity index (χ4n) is 1.22. The maximum Gasteiger partial charge on any atom is 0.390 e. The molecule has 0 saturated heterocycles. The van der Waals surface area contributed by atoms with Crippen LogP contribution in [0.4, 0.5) is 13.2 Å². The molecule has 0 saturated carbocycles. The van der Waals surface area contributed by atoms with Gasteiger partial charge in [0.2, 0.25) is 0 Å². The maximum absolute atomic E-state index is 11.9. The summed E-state index contributed by atoms with van der Waals surface area (Å²) in [5.74, 6) is 5.71. The van der Waals surface area contributed by atoms with Crippen LogP contribution in [0.2, 0.25) is 0 Å². The molecular weight excluding hydrogens is 321 g/mol. The highest BCUT2D eigenvalue weighted by molar-refractivity contribution is 7.97. The lowest BCUT2D eigenvalue weighted by Gasteiger charge is -2.07. The van der Waals surface area contributed by atoms with E-state index in [4.69, 9.17) is 0 Å².